The summed E-state index contributed by atoms with van der Waals surface area (Å²) in [6.07, 6.45) is 0.156. The van der Waals surface area contributed by atoms with Crippen LogP contribution in [-0.2, 0) is 11.2 Å². The molecule has 0 aliphatic carbocycles. The Kier molecular flexibility index (Phi) is 1.58. The smallest absolute Gasteiger partial charge is 0.231 e. The Labute approximate surface area is 73.8 Å². The molecule has 13 heavy (non-hydrogen) atoms. The van der Waals surface area contributed by atoms with E-state index in [1.165, 1.54) is 4.90 Å². The molecule has 1 aliphatic rings. The molecule has 1 amide bonds. The van der Waals surface area contributed by atoms with Gasteiger partial charge in [0.2, 0.25) is 5.91 Å². The molecule has 2 rings (SSSR count). The molecule has 0 atom stereocenters. The standard InChI is InChI=1S/C9H7F2NO/c1-12-8-4-7(11)6(10)2-5(8)3-9(12)13/h2,4H,3H2,1H3. The molecule has 0 radical (unpaired) electrons. The van der Waals surface area contributed by atoms with Crippen molar-refractivity contribution in [2.24, 2.45) is 0 Å². The van der Waals surface area contributed by atoms with E-state index in [2.05, 4.69) is 0 Å². The van der Waals surface area contributed by atoms with Gasteiger partial charge in [-0.3, -0.25) is 4.79 Å². The van der Waals surface area contributed by atoms with Crippen LogP contribution in [0.4, 0.5) is 14.5 Å². The first-order chi connectivity index (χ1) is 6.09. The van der Waals surface area contributed by atoms with Crippen molar-refractivity contribution in [3.8, 4) is 0 Å². The van der Waals surface area contributed by atoms with Crippen molar-refractivity contribution in [3.05, 3.63) is 29.3 Å². The van der Waals surface area contributed by atoms with Gasteiger partial charge in [0.25, 0.3) is 0 Å². The molecule has 0 aromatic heterocycles. The summed E-state index contributed by atoms with van der Waals surface area (Å²) in [7, 11) is 1.55. The van der Waals surface area contributed by atoms with Crippen LogP contribution in [0, 0.1) is 11.6 Å². The van der Waals surface area contributed by atoms with E-state index < -0.39 is 11.6 Å². The van der Waals surface area contributed by atoms with Crippen LogP contribution >= 0.6 is 0 Å². The van der Waals surface area contributed by atoms with Crippen molar-refractivity contribution in [2.45, 2.75) is 6.42 Å². The molecule has 0 unspecified atom stereocenters. The Morgan fingerprint density at radius 1 is 1.31 bits per heavy atom. The highest BCUT2D eigenvalue weighted by Gasteiger charge is 2.25. The number of fused-ring (bicyclic) bond motifs is 1. The van der Waals surface area contributed by atoms with Gasteiger partial charge in [-0.2, -0.15) is 0 Å². The lowest BCUT2D eigenvalue weighted by Crippen LogP contribution is -2.20. The van der Waals surface area contributed by atoms with Gasteiger partial charge in [0, 0.05) is 13.1 Å². The van der Waals surface area contributed by atoms with Gasteiger partial charge in [0.15, 0.2) is 11.6 Å². The fourth-order valence-corrected chi connectivity index (χ4v) is 1.45. The molecular weight excluding hydrogens is 176 g/mol. The average Bonchev–Trinajstić information content (AvgIpc) is 2.32. The van der Waals surface area contributed by atoms with Gasteiger partial charge >= 0.3 is 0 Å². The summed E-state index contributed by atoms with van der Waals surface area (Å²) in [4.78, 5) is 12.5. The largest absolute Gasteiger partial charge is 0.315 e. The normalized spacial score (nSPS) is 15.0. The number of carbonyl (C=O) groups is 1. The summed E-state index contributed by atoms with van der Waals surface area (Å²) in [5.74, 6) is -1.96. The van der Waals surface area contributed by atoms with Crippen molar-refractivity contribution in [3.63, 3.8) is 0 Å². The quantitative estimate of drug-likeness (QED) is 0.596. The first-order valence-electron chi connectivity index (χ1n) is 3.84. The first-order valence-corrected chi connectivity index (χ1v) is 3.84. The molecule has 1 aromatic rings. The van der Waals surface area contributed by atoms with Gasteiger partial charge in [0.1, 0.15) is 0 Å². The third kappa shape index (κ3) is 1.09. The van der Waals surface area contributed by atoms with E-state index in [1.807, 2.05) is 0 Å². The fourth-order valence-electron chi connectivity index (χ4n) is 1.45. The highest BCUT2D eigenvalue weighted by molar-refractivity contribution is 6.00. The third-order valence-electron chi connectivity index (χ3n) is 2.20. The molecule has 0 saturated heterocycles. The van der Waals surface area contributed by atoms with E-state index in [9.17, 15) is 13.6 Å². The molecule has 1 heterocycles. The maximum atomic E-state index is 12.8. The van der Waals surface area contributed by atoms with Crippen molar-refractivity contribution in [1.82, 2.24) is 0 Å². The van der Waals surface area contributed by atoms with E-state index in [0.29, 0.717) is 11.3 Å². The van der Waals surface area contributed by atoms with E-state index in [0.717, 1.165) is 12.1 Å². The number of amides is 1. The number of carbonyl (C=O) groups excluding carboxylic acids is 1. The number of rotatable bonds is 0. The van der Waals surface area contributed by atoms with Crippen LogP contribution < -0.4 is 4.90 Å². The molecular formula is C9H7F2NO. The Hall–Kier alpha value is -1.45. The molecule has 0 saturated carbocycles. The molecule has 68 valence electrons. The number of likely N-dealkylation sites (N-methyl/N-ethyl adjacent to an activating group) is 1. The number of hydrogen-bond acceptors (Lipinski definition) is 1. The molecule has 1 aromatic carbocycles. The molecule has 4 heteroatoms. The highest BCUT2D eigenvalue weighted by atomic mass is 19.2. The molecule has 0 N–H and O–H groups in total. The maximum absolute atomic E-state index is 12.8. The molecule has 0 bridgehead atoms. The van der Waals surface area contributed by atoms with Crippen molar-refractivity contribution in [1.29, 1.82) is 0 Å². The van der Waals surface area contributed by atoms with Crippen molar-refractivity contribution >= 4 is 11.6 Å². The topological polar surface area (TPSA) is 20.3 Å². The molecule has 0 fully saturated rings. The third-order valence-corrected chi connectivity index (χ3v) is 2.20. The summed E-state index contributed by atoms with van der Waals surface area (Å²) >= 11 is 0. The number of benzene rings is 1. The first kappa shape index (κ1) is 8.16. The van der Waals surface area contributed by atoms with Crippen LogP contribution in [0.5, 0.6) is 0 Å². The Morgan fingerprint density at radius 3 is 2.62 bits per heavy atom. The number of nitrogens with zero attached hydrogens (tertiary/aromatic N) is 1. The van der Waals surface area contributed by atoms with Gasteiger partial charge in [-0.1, -0.05) is 0 Å². The maximum Gasteiger partial charge on any atom is 0.231 e. The van der Waals surface area contributed by atoms with Crippen LogP contribution in [0.15, 0.2) is 12.1 Å². The monoisotopic (exact) mass is 183 g/mol. The number of anilines is 1. The van der Waals surface area contributed by atoms with Gasteiger partial charge in [-0.05, 0) is 11.6 Å². The average molecular weight is 183 g/mol. The van der Waals surface area contributed by atoms with Crippen LogP contribution in [0.3, 0.4) is 0 Å². The summed E-state index contributed by atoms with van der Waals surface area (Å²) in [5.41, 5.74) is 1.01. The SMILES string of the molecule is CN1C(=O)Cc2cc(F)c(F)cc21. The van der Waals surface area contributed by atoms with Crippen molar-refractivity contribution < 1.29 is 13.6 Å². The predicted molar refractivity (Wildman–Crippen MR) is 43.5 cm³/mol. The van der Waals surface area contributed by atoms with Crippen LogP contribution in [-0.4, -0.2) is 13.0 Å². The Bertz CT molecular complexity index is 389. The van der Waals surface area contributed by atoms with E-state index in [4.69, 9.17) is 0 Å². The Balaban J connectivity index is 2.59. The van der Waals surface area contributed by atoms with Crippen LogP contribution in [0.25, 0.3) is 0 Å². The summed E-state index contributed by atoms with van der Waals surface area (Å²) < 4.78 is 25.5. The van der Waals surface area contributed by atoms with Gasteiger partial charge < -0.3 is 4.90 Å². The zero-order valence-corrected chi connectivity index (χ0v) is 6.97. The number of hydrogen-bond donors (Lipinski definition) is 0. The lowest BCUT2D eigenvalue weighted by Gasteiger charge is -2.09. The zero-order valence-electron chi connectivity index (χ0n) is 6.97. The highest BCUT2D eigenvalue weighted by Crippen LogP contribution is 2.29. The van der Waals surface area contributed by atoms with Crippen LogP contribution in [0.2, 0.25) is 0 Å². The van der Waals surface area contributed by atoms with Crippen molar-refractivity contribution in [2.75, 3.05) is 11.9 Å². The van der Waals surface area contributed by atoms with Gasteiger partial charge in [-0.25, -0.2) is 8.78 Å². The summed E-state index contributed by atoms with van der Waals surface area (Å²) in [6.45, 7) is 0. The second kappa shape index (κ2) is 2.52. The molecule has 0 spiro atoms. The fraction of sp³-hybridized carbons (Fsp3) is 0.222. The molecule has 1 aliphatic heterocycles. The minimum Gasteiger partial charge on any atom is -0.315 e. The second-order valence-corrected chi connectivity index (χ2v) is 3.02. The number of halogens is 2. The molecule has 2 nitrogen and oxygen atoms in total. The summed E-state index contributed by atoms with van der Waals surface area (Å²) in [6, 6.07) is 2.13. The van der Waals surface area contributed by atoms with Gasteiger partial charge in [-0.15, -0.1) is 0 Å². The summed E-state index contributed by atoms with van der Waals surface area (Å²) in [5, 5.41) is 0. The lowest BCUT2D eigenvalue weighted by atomic mass is 10.1. The zero-order chi connectivity index (χ0) is 9.59. The minimum atomic E-state index is -0.916. The Morgan fingerprint density at radius 2 is 1.92 bits per heavy atom. The van der Waals surface area contributed by atoms with Gasteiger partial charge in [0.05, 0.1) is 12.1 Å². The van der Waals surface area contributed by atoms with E-state index in [1.54, 1.807) is 7.05 Å². The van der Waals surface area contributed by atoms with E-state index >= 15 is 0 Å². The van der Waals surface area contributed by atoms with Crippen LogP contribution in [0.1, 0.15) is 5.56 Å². The second-order valence-electron chi connectivity index (χ2n) is 3.02. The van der Waals surface area contributed by atoms with E-state index in [-0.39, 0.29) is 12.3 Å². The lowest BCUT2D eigenvalue weighted by molar-refractivity contribution is -0.117. The predicted octanol–water partition coefficient (Wildman–Crippen LogP) is 1.48. The minimum absolute atomic E-state index is 0.139.